The van der Waals surface area contributed by atoms with Gasteiger partial charge >= 0.3 is 0 Å². The van der Waals surface area contributed by atoms with Crippen LogP contribution in [0.25, 0.3) is 0 Å². The normalized spacial score (nSPS) is 23.8. The van der Waals surface area contributed by atoms with Gasteiger partial charge in [-0.25, -0.2) is 4.39 Å². The van der Waals surface area contributed by atoms with Crippen LogP contribution in [0.15, 0.2) is 35.6 Å². The Morgan fingerprint density at radius 1 is 0.893 bits per heavy atom. The van der Waals surface area contributed by atoms with Crippen molar-refractivity contribution in [3.63, 3.8) is 0 Å². The van der Waals surface area contributed by atoms with Crippen LogP contribution in [0.1, 0.15) is 64.9 Å². The average molecular weight is 386 g/mol. The minimum atomic E-state index is -1.03. The highest BCUT2D eigenvalue weighted by Gasteiger charge is 2.48. The van der Waals surface area contributed by atoms with Crippen molar-refractivity contribution in [3.05, 3.63) is 47.0 Å². The topological polar surface area (TPSA) is 71.4 Å². The molecule has 1 fully saturated rings. The fourth-order valence-corrected chi connectivity index (χ4v) is 4.63. The number of carbonyl (C=O) groups excluding carboxylic acids is 3. The summed E-state index contributed by atoms with van der Waals surface area (Å²) < 4.78 is 13.5. The fraction of sp³-hybridized carbons (Fsp3) is 0.522. The predicted octanol–water partition coefficient (Wildman–Crippen LogP) is 4.68. The second kappa shape index (κ2) is 6.94. The molecule has 28 heavy (non-hydrogen) atoms. The van der Waals surface area contributed by atoms with E-state index in [9.17, 15) is 23.9 Å². The van der Waals surface area contributed by atoms with Crippen LogP contribution in [-0.2, 0) is 14.4 Å². The number of aliphatic hydroxyl groups excluding tert-OH is 1. The molecular weight excluding hydrogens is 359 g/mol. The van der Waals surface area contributed by atoms with E-state index in [1.165, 1.54) is 24.3 Å². The maximum atomic E-state index is 13.5. The Morgan fingerprint density at radius 2 is 1.39 bits per heavy atom. The van der Waals surface area contributed by atoms with Crippen molar-refractivity contribution in [2.24, 2.45) is 16.7 Å². The number of aliphatic hydroxyl groups is 1. The maximum absolute atomic E-state index is 13.5. The third-order valence-electron chi connectivity index (χ3n) is 5.77. The van der Waals surface area contributed by atoms with E-state index in [4.69, 9.17) is 0 Å². The van der Waals surface area contributed by atoms with Gasteiger partial charge in [-0.1, -0.05) is 39.8 Å². The summed E-state index contributed by atoms with van der Waals surface area (Å²) in [6.07, 6.45) is 0.987. The first kappa shape index (κ1) is 20.4. The molecule has 2 aliphatic rings. The van der Waals surface area contributed by atoms with Crippen LogP contribution in [0.3, 0.4) is 0 Å². The zero-order chi connectivity index (χ0) is 20.9. The van der Waals surface area contributed by atoms with Gasteiger partial charge in [0.1, 0.15) is 23.1 Å². The largest absolute Gasteiger partial charge is 0.512 e. The Kier molecular flexibility index (Phi) is 5.07. The molecule has 0 aliphatic heterocycles. The third kappa shape index (κ3) is 3.94. The second-order valence-electron chi connectivity index (χ2n) is 9.76. The standard InChI is InChI=1S/C23H27FO4/c1-22(2)9-15(25)20(16(26)10-22)19(13-5-7-14(24)8-6-13)21-17(27)11-23(3,4)12-18(21)28/h5-8,19-20,27H,9-12H2,1-4H3/t19-/m0/s1. The van der Waals surface area contributed by atoms with Crippen molar-refractivity contribution < 1.29 is 23.9 Å². The smallest absolute Gasteiger partial charge is 0.163 e. The van der Waals surface area contributed by atoms with Crippen molar-refractivity contribution in [3.8, 4) is 0 Å². The Bertz CT molecular complexity index is 841. The Hall–Kier alpha value is -2.30. The maximum Gasteiger partial charge on any atom is 0.163 e. The van der Waals surface area contributed by atoms with E-state index in [1.807, 2.05) is 27.7 Å². The second-order valence-corrected chi connectivity index (χ2v) is 9.76. The van der Waals surface area contributed by atoms with Gasteiger partial charge in [-0.05, 0) is 28.5 Å². The molecular formula is C23H27FO4. The van der Waals surface area contributed by atoms with E-state index < -0.39 is 23.1 Å². The van der Waals surface area contributed by atoms with Crippen LogP contribution in [0.4, 0.5) is 4.39 Å². The van der Waals surface area contributed by atoms with Crippen molar-refractivity contribution in [1.29, 1.82) is 0 Å². The molecule has 0 unspecified atom stereocenters. The fourth-order valence-electron chi connectivity index (χ4n) is 4.63. The molecule has 1 aromatic carbocycles. The molecule has 0 radical (unpaired) electrons. The summed E-state index contributed by atoms with van der Waals surface area (Å²) in [5, 5.41) is 10.7. The van der Waals surface area contributed by atoms with Gasteiger partial charge in [0, 0.05) is 37.2 Å². The predicted molar refractivity (Wildman–Crippen MR) is 103 cm³/mol. The number of ketones is 3. The highest BCUT2D eigenvalue weighted by atomic mass is 19.1. The molecule has 1 saturated carbocycles. The van der Waals surface area contributed by atoms with Gasteiger partial charge in [-0.3, -0.25) is 14.4 Å². The van der Waals surface area contributed by atoms with Crippen molar-refractivity contribution in [2.75, 3.05) is 0 Å². The van der Waals surface area contributed by atoms with Crippen LogP contribution in [0.5, 0.6) is 0 Å². The summed E-state index contributed by atoms with van der Waals surface area (Å²) in [5.41, 5.74) is -0.173. The van der Waals surface area contributed by atoms with Gasteiger partial charge in [0.05, 0.1) is 5.92 Å². The molecule has 1 aromatic rings. The SMILES string of the molecule is CC1(C)CC(=O)C([C@@H](C2=C(O)CC(C)(C)CC2=O)c2ccc(F)cc2)C(=O)C1. The summed E-state index contributed by atoms with van der Waals surface area (Å²) in [5.74, 6) is -3.13. The Labute approximate surface area is 164 Å². The average Bonchev–Trinajstić information content (AvgIpc) is 2.50. The minimum Gasteiger partial charge on any atom is -0.512 e. The molecule has 0 spiro atoms. The van der Waals surface area contributed by atoms with Gasteiger partial charge in [0.2, 0.25) is 0 Å². The lowest BCUT2D eigenvalue weighted by atomic mass is 9.62. The molecule has 0 amide bonds. The first-order valence-electron chi connectivity index (χ1n) is 9.66. The van der Waals surface area contributed by atoms with Crippen LogP contribution in [0, 0.1) is 22.6 Å². The molecule has 1 atom stereocenters. The molecule has 150 valence electrons. The first-order chi connectivity index (χ1) is 12.9. The zero-order valence-electron chi connectivity index (χ0n) is 16.8. The summed E-state index contributed by atoms with van der Waals surface area (Å²) in [4.78, 5) is 38.9. The summed E-state index contributed by atoms with van der Waals surface area (Å²) in [6.45, 7) is 7.53. The van der Waals surface area contributed by atoms with E-state index >= 15 is 0 Å². The van der Waals surface area contributed by atoms with E-state index in [2.05, 4.69) is 0 Å². The molecule has 0 bridgehead atoms. The van der Waals surface area contributed by atoms with Gasteiger partial charge in [-0.15, -0.1) is 0 Å². The summed E-state index contributed by atoms with van der Waals surface area (Å²) in [6, 6.07) is 5.49. The number of rotatable bonds is 3. The van der Waals surface area contributed by atoms with Crippen LogP contribution < -0.4 is 0 Å². The molecule has 1 N–H and O–H groups in total. The number of allylic oxidation sites excluding steroid dienone is 2. The van der Waals surface area contributed by atoms with Crippen LogP contribution in [0.2, 0.25) is 0 Å². The van der Waals surface area contributed by atoms with Gasteiger partial charge < -0.3 is 5.11 Å². The van der Waals surface area contributed by atoms with E-state index in [0.29, 0.717) is 12.0 Å². The summed E-state index contributed by atoms with van der Waals surface area (Å²) in [7, 11) is 0. The Morgan fingerprint density at radius 3 is 1.89 bits per heavy atom. The van der Waals surface area contributed by atoms with Crippen molar-refractivity contribution in [2.45, 2.75) is 59.3 Å². The van der Waals surface area contributed by atoms with Crippen molar-refractivity contribution >= 4 is 17.3 Å². The molecule has 4 nitrogen and oxygen atoms in total. The van der Waals surface area contributed by atoms with Gasteiger partial charge in [0.15, 0.2) is 5.78 Å². The first-order valence-corrected chi connectivity index (χ1v) is 9.66. The van der Waals surface area contributed by atoms with Crippen molar-refractivity contribution in [1.82, 2.24) is 0 Å². The van der Waals surface area contributed by atoms with Crippen LogP contribution in [-0.4, -0.2) is 22.5 Å². The number of hydrogen-bond acceptors (Lipinski definition) is 4. The molecule has 0 aromatic heterocycles. The Balaban J connectivity index is 2.14. The molecule has 5 heteroatoms. The van der Waals surface area contributed by atoms with Gasteiger partial charge in [-0.2, -0.15) is 0 Å². The quantitative estimate of drug-likeness (QED) is 0.766. The van der Waals surface area contributed by atoms with E-state index in [1.54, 1.807) is 0 Å². The lowest BCUT2D eigenvalue weighted by Crippen LogP contribution is -2.43. The lowest BCUT2D eigenvalue weighted by Gasteiger charge is -2.39. The minimum absolute atomic E-state index is 0.0685. The van der Waals surface area contributed by atoms with E-state index in [0.717, 1.165) is 0 Å². The monoisotopic (exact) mass is 386 g/mol. The van der Waals surface area contributed by atoms with E-state index in [-0.39, 0.29) is 53.4 Å². The van der Waals surface area contributed by atoms with Gasteiger partial charge in [0.25, 0.3) is 0 Å². The third-order valence-corrected chi connectivity index (χ3v) is 5.77. The number of Topliss-reactive ketones (excluding diaryl/α,β-unsaturated/α-hetero) is 3. The molecule has 2 aliphatic carbocycles. The molecule has 3 rings (SSSR count). The zero-order valence-corrected chi connectivity index (χ0v) is 16.8. The number of halogens is 1. The summed E-state index contributed by atoms with van der Waals surface area (Å²) >= 11 is 0. The highest BCUT2D eigenvalue weighted by Crippen LogP contribution is 2.47. The molecule has 0 heterocycles. The number of carbonyl (C=O) groups is 3. The highest BCUT2D eigenvalue weighted by molar-refractivity contribution is 6.09. The number of benzene rings is 1. The number of hydrogen-bond donors (Lipinski definition) is 1. The van der Waals surface area contributed by atoms with Crippen LogP contribution >= 0.6 is 0 Å². The lowest BCUT2D eigenvalue weighted by molar-refractivity contribution is -0.140. The molecule has 0 saturated heterocycles.